The van der Waals surface area contributed by atoms with E-state index in [0.717, 1.165) is 25.9 Å². The van der Waals surface area contributed by atoms with Crippen LogP contribution in [-0.4, -0.2) is 42.8 Å². The molecule has 2 heterocycles. The second-order valence-corrected chi connectivity index (χ2v) is 7.11. The van der Waals surface area contributed by atoms with Crippen LogP contribution in [0.25, 0.3) is 0 Å². The van der Waals surface area contributed by atoms with Gasteiger partial charge < -0.3 is 10.2 Å². The van der Waals surface area contributed by atoms with E-state index in [9.17, 15) is 9.59 Å². The summed E-state index contributed by atoms with van der Waals surface area (Å²) in [4.78, 5) is 27.0. The molecule has 0 spiro atoms. The summed E-state index contributed by atoms with van der Waals surface area (Å²) in [5, 5.41) is 3.86. The summed E-state index contributed by atoms with van der Waals surface area (Å²) in [7, 11) is 0. The molecular formula is C18H24Cl2N2O2. The van der Waals surface area contributed by atoms with Crippen molar-refractivity contribution in [2.45, 2.75) is 19.8 Å². The zero-order valence-corrected chi connectivity index (χ0v) is 15.4. The summed E-state index contributed by atoms with van der Waals surface area (Å²) in [5.74, 6) is 0.982. The number of rotatable bonds is 4. The summed E-state index contributed by atoms with van der Waals surface area (Å²) in [6.07, 6.45) is 1.51. The number of ketones is 1. The Hall–Kier alpha value is -1.10. The number of nitrogens with zero attached hydrogens (tertiary/aromatic N) is 1. The smallest absolute Gasteiger partial charge is 0.225 e. The lowest BCUT2D eigenvalue weighted by Crippen LogP contribution is -2.51. The molecule has 0 radical (unpaired) electrons. The predicted octanol–water partition coefficient (Wildman–Crippen LogP) is 3.04. The van der Waals surface area contributed by atoms with Crippen LogP contribution >= 0.6 is 24.0 Å². The van der Waals surface area contributed by atoms with E-state index in [2.05, 4.69) is 5.32 Å². The number of amides is 1. The van der Waals surface area contributed by atoms with E-state index in [0.29, 0.717) is 29.6 Å². The van der Waals surface area contributed by atoms with E-state index in [1.165, 1.54) is 0 Å². The van der Waals surface area contributed by atoms with Gasteiger partial charge in [0.05, 0.1) is 0 Å². The van der Waals surface area contributed by atoms with Gasteiger partial charge in [0.25, 0.3) is 0 Å². The van der Waals surface area contributed by atoms with E-state index >= 15 is 0 Å². The Kier molecular flexibility index (Phi) is 6.67. The molecule has 132 valence electrons. The molecule has 2 aliphatic rings. The predicted molar refractivity (Wildman–Crippen MR) is 97.9 cm³/mol. The van der Waals surface area contributed by atoms with Crippen LogP contribution in [0.15, 0.2) is 24.3 Å². The molecule has 1 N–H and O–H groups in total. The molecule has 0 aromatic heterocycles. The van der Waals surface area contributed by atoms with Gasteiger partial charge in [0.15, 0.2) is 5.78 Å². The van der Waals surface area contributed by atoms with Crippen LogP contribution < -0.4 is 5.32 Å². The molecule has 2 fully saturated rings. The third kappa shape index (κ3) is 4.11. The number of piperidine rings is 1. The minimum Gasteiger partial charge on any atom is -0.342 e. The normalized spacial score (nSPS) is 20.0. The lowest BCUT2D eigenvalue weighted by atomic mass is 9.85. The van der Waals surface area contributed by atoms with E-state index < -0.39 is 0 Å². The Morgan fingerprint density at radius 1 is 1.17 bits per heavy atom. The number of halogens is 2. The number of carbonyl (C=O) groups excluding carboxylic acids is 2. The summed E-state index contributed by atoms with van der Waals surface area (Å²) in [6.45, 7) is 5.29. The van der Waals surface area contributed by atoms with Gasteiger partial charge in [0, 0.05) is 35.5 Å². The SMILES string of the molecule is CC(C(=O)N1CCC(C(=O)c2ccc(Cl)cc2)CC1)C1CNC1.Cl. The summed E-state index contributed by atoms with van der Waals surface area (Å²) >= 11 is 5.87. The zero-order valence-electron chi connectivity index (χ0n) is 13.8. The minimum absolute atomic E-state index is 0. The molecule has 3 rings (SSSR count). The topological polar surface area (TPSA) is 49.4 Å². The lowest BCUT2D eigenvalue weighted by molar-refractivity contribution is -0.138. The average Bonchev–Trinajstić information content (AvgIpc) is 2.53. The van der Waals surface area contributed by atoms with Gasteiger partial charge in [-0.1, -0.05) is 18.5 Å². The van der Waals surface area contributed by atoms with E-state index in [1.54, 1.807) is 24.3 Å². The molecule has 4 nitrogen and oxygen atoms in total. The maximum atomic E-state index is 12.5. The Morgan fingerprint density at radius 2 is 1.75 bits per heavy atom. The fourth-order valence-electron chi connectivity index (χ4n) is 3.37. The Bertz CT molecular complexity index is 579. The van der Waals surface area contributed by atoms with E-state index in [-0.39, 0.29) is 35.9 Å². The summed E-state index contributed by atoms with van der Waals surface area (Å²) in [5.41, 5.74) is 0.716. The Morgan fingerprint density at radius 3 is 2.25 bits per heavy atom. The Labute approximate surface area is 154 Å². The molecule has 2 aliphatic heterocycles. The number of benzene rings is 1. The standard InChI is InChI=1S/C18H23ClN2O2.ClH/c1-12(15-10-20-11-15)18(23)21-8-6-14(7-9-21)17(22)13-2-4-16(19)5-3-13;/h2-5,12,14-15,20H,6-11H2,1H3;1H. The van der Waals surface area contributed by atoms with E-state index in [1.807, 2.05) is 11.8 Å². The number of hydrogen-bond acceptors (Lipinski definition) is 3. The molecule has 1 amide bonds. The number of Topliss-reactive ketones (excluding diaryl/α,β-unsaturated/α-hetero) is 1. The first-order valence-corrected chi connectivity index (χ1v) is 8.73. The van der Waals surface area contributed by atoms with Crippen LogP contribution in [-0.2, 0) is 4.79 Å². The number of carbonyl (C=O) groups is 2. The second kappa shape index (κ2) is 8.32. The van der Waals surface area contributed by atoms with Crippen molar-refractivity contribution in [3.63, 3.8) is 0 Å². The molecule has 0 aliphatic carbocycles. The molecule has 0 bridgehead atoms. The van der Waals surface area contributed by atoms with Crippen LogP contribution in [0, 0.1) is 17.8 Å². The van der Waals surface area contributed by atoms with Crippen molar-refractivity contribution in [1.29, 1.82) is 0 Å². The van der Waals surface area contributed by atoms with Gasteiger partial charge >= 0.3 is 0 Å². The van der Waals surface area contributed by atoms with Crippen LogP contribution in [0.2, 0.25) is 5.02 Å². The van der Waals surface area contributed by atoms with Crippen molar-refractivity contribution in [3.05, 3.63) is 34.9 Å². The summed E-state index contributed by atoms with van der Waals surface area (Å²) < 4.78 is 0. The lowest BCUT2D eigenvalue weighted by Gasteiger charge is -2.37. The highest BCUT2D eigenvalue weighted by atomic mass is 35.5. The average molecular weight is 371 g/mol. The first-order chi connectivity index (χ1) is 11.1. The quantitative estimate of drug-likeness (QED) is 0.828. The van der Waals surface area contributed by atoms with Gasteiger partial charge in [-0.3, -0.25) is 9.59 Å². The molecule has 6 heteroatoms. The third-order valence-corrected chi connectivity index (χ3v) is 5.47. The number of hydrogen-bond donors (Lipinski definition) is 1. The van der Waals surface area contributed by atoms with Crippen molar-refractivity contribution in [2.24, 2.45) is 17.8 Å². The first-order valence-electron chi connectivity index (χ1n) is 8.35. The molecule has 1 aromatic carbocycles. The van der Waals surface area contributed by atoms with Crippen LogP contribution in [0.3, 0.4) is 0 Å². The molecule has 24 heavy (non-hydrogen) atoms. The van der Waals surface area contributed by atoms with Crippen molar-refractivity contribution < 1.29 is 9.59 Å². The van der Waals surface area contributed by atoms with Gasteiger partial charge in [-0.25, -0.2) is 0 Å². The van der Waals surface area contributed by atoms with Gasteiger partial charge in [0.1, 0.15) is 0 Å². The maximum Gasteiger partial charge on any atom is 0.225 e. The van der Waals surface area contributed by atoms with Gasteiger partial charge in [0.2, 0.25) is 5.91 Å². The van der Waals surface area contributed by atoms with Crippen LogP contribution in [0.4, 0.5) is 0 Å². The molecule has 1 aromatic rings. The summed E-state index contributed by atoms with van der Waals surface area (Å²) in [6, 6.07) is 7.07. The van der Waals surface area contributed by atoms with Crippen molar-refractivity contribution in [1.82, 2.24) is 10.2 Å². The number of nitrogens with one attached hydrogen (secondary N) is 1. The van der Waals surface area contributed by atoms with Crippen LogP contribution in [0.1, 0.15) is 30.1 Å². The van der Waals surface area contributed by atoms with Crippen LogP contribution in [0.5, 0.6) is 0 Å². The highest BCUT2D eigenvalue weighted by Crippen LogP contribution is 2.25. The minimum atomic E-state index is 0. The molecule has 1 atom stereocenters. The second-order valence-electron chi connectivity index (χ2n) is 6.68. The fourth-order valence-corrected chi connectivity index (χ4v) is 3.49. The van der Waals surface area contributed by atoms with Gasteiger partial charge in [-0.15, -0.1) is 12.4 Å². The highest BCUT2D eigenvalue weighted by molar-refractivity contribution is 6.30. The molecular weight excluding hydrogens is 347 g/mol. The molecule has 1 unspecified atom stereocenters. The molecule has 0 saturated carbocycles. The van der Waals surface area contributed by atoms with Gasteiger partial charge in [-0.05, 0) is 56.1 Å². The highest BCUT2D eigenvalue weighted by Gasteiger charge is 2.34. The van der Waals surface area contributed by atoms with Crippen molar-refractivity contribution >= 4 is 35.7 Å². The number of likely N-dealkylation sites (tertiary alicyclic amines) is 1. The fraction of sp³-hybridized carbons (Fsp3) is 0.556. The van der Waals surface area contributed by atoms with Gasteiger partial charge in [-0.2, -0.15) is 0 Å². The first kappa shape index (κ1) is 19.2. The third-order valence-electron chi connectivity index (χ3n) is 5.22. The monoisotopic (exact) mass is 370 g/mol. The van der Waals surface area contributed by atoms with Crippen molar-refractivity contribution in [3.8, 4) is 0 Å². The maximum absolute atomic E-state index is 12.5. The largest absolute Gasteiger partial charge is 0.342 e. The zero-order chi connectivity index (χ0) is 16.4. The van der Waals surface area contributed by atoms with Crippen molar-refractivity contribution in [2.75, 3.05) is 26.2 Å². The molecule has 2 saturated heterocycles. The van der Waals surface area contributed by atoms with E-state index in [4.69, 9.17) is 11.6 Å². The Balaban J connectivity index is 0.00000208.